The number of halogens is 1. The topological polar surface area (TPSA) is 88.0 Å². The minimum atomic E-state index is -1.46. The molecule has 0 bridgehead atoms. The van der Waals surface area contributed by atoms with Crippen LogP contribution in [0.15, 0.2) is 84.8 Å². The minimum absolute atomic E-state index is 0.00157. The van der Waals surface area contributed by atoms with Gasteiger partial charge in [-0.15, -0.1) is 5.53 Å². The van der Waals surface area contributed by atoms with E-state index < -0.39 is 6.02 Å². The van der Waals surface area contributed by atoms with Gasteiger partial charge in [0.15, 0.2) is 0 Å². The first-order chi connectivity index (χ1) is 21.0. The molecule has 0 saturated heterocycles. The van der Waals surface area contributed by atoms with Gasteiger partial charge in [0.05, 0.1) is 35.9 Å². The maximum Gasteiger partial charge on any atom is 0.123 e. The van der Waals surface area contributed by atoms with Crippen molar-refractivity contribution in [2.75, 3.05) is 10.6 Å². The predicted molar refractivity (Wildman–Crippen MR) is 164 cm³/mol. The molecule has 212 valence electrons. The third kappa shape index (κ3) is 5.24. The van der Waals surface area contributed by atoms with Crippen LogP contribution in [0.3, 0.4) is 0 Å². The number of nitrogens with zero attached hydrogens (tertiary/aromatic N) is 3. The van der Waals surface area contributed by atoms with Crippen molar-refractivity contribution in [2.24, 2.45) is 0 Å². The average molecular weight is 561 g/mol. The van der Waals surface area contributed by atoms with Crippen molar-refractivity contribution in [3.8, 4) is 6.07 Å². The molecule has 8 heteroatoms. The van der Waals surface area contributed by atoms with Gasteiger partial charge in [-0.05, 0) is 79.0 Å². The van der Waals surface area contributed by atoms with Crippen LogP contribution in [0.4, 0.5) is 15.8 Å². The van der Waals surface area contributed by atoms with E-state index in [1.54, 1.807) is 18.3 Å². The number of benzene rings is 3. The number of fused-ring (bicyclic) bond motifs is 1. The second-order valence-electron chi connectivity index (χ2n) is 11.3. The zero-order valence-electron chi connectivity index (χ0n) is 24.5. The lowest BCUT2D eigenvalue weighted by Gasteiger charge is -2.24. The maximum absolute atomic E-state index is 14.0. The van der Waals surface area contributed by atoms with Gasteiger partial charge in [-0.2, -0.15) is 5.26 Å². The van der Waals surface area contributed by atoms with E-state index in [-0.39, 0.29) is 11.9 Å². The molecule has 3 aromatic carbocycles. The number of pyridine rings is 1. The van der Waals surface area contributed by atoms with E-state index in [1.165, 1.54) is 12.1 Å². The van der Waals surface area contributed by atoms with Crippen LogP contribution in [0.5, 0.6) is 0 Å². The Morgan fingerprint density at radius 2 is 1.86 bits per heavy atom. The zero-order chi connectivity index (χ0) is 29.6. The van der Waals surface area contributed by atoms with Crippen molar-refractivity contribution in [3.63, 3.8) is 0 Å². The molecule has 42 heavy (non-hydrogen) atoms. The van der Waals surface area contributed by atoms with Crippen LogP contribution >= 0.6 is 0 Å². The zero-order valence-corrected chi connectivity index (χ0v) is 23.5. The summed E-state index contributed by atoms with van der Waals surface area (Å²) in [6.45, 7) is 2.13. The van der Waals surface area contributed by atoms with Gasteiger partial charge in [0.2, 0.25) is 0 Å². The smallest absolute Gasteiger partial charge is 0.123 e. The highest BCUT2D eigenvalue weighted by Crippen LogP contribution is 2.46. The Bertz CT molecular complexity index is 1730. The lowest BCUT2D eigenvalue weighted by Crippen LogP contribution is -2.38. The van der Waals surface area contributed by atoms with E-state index in [2.05, 4.69) is 52.8 Å². The number of hydrogen-bond donors (Lipinski definition) is 4. The third-order valence-corrected chi connectivity index (χ3v) is 8.27. The molecule has 0 radical (unpaired) electrons. The van der Waals surface area contributed by atoms with Gasteiger partial charge < -0.3 is 16.1 Å². The fraction of sp³-hybridized carbons (Fsp3) is 0.294. The quantitative estimate of drug-likeness (QED) is 0.164. The Morgan fingerprint density at radius 3 is 2.55 bits per heavy atom. The first-order valence-corrected chi connectivity index (χ1v) is 14.7. The molecule has 4 N–H and O–H groups in total. The Labute approximate surface area is 246 Å². The molecular weight excluding hydrogens is 525 g/mol. The Morgan fingerprint density at radius 1 is 1.07 bits per heavy atom. The van der Waals surface area contributed by atoms with E-state index in [4.69, 9.17) is 4.98 Å². The molecule has 3 aliphatic rings. The average Bonchev–Trinajstić information content (AvgIpc) is 3.98. The van der Waals surface area contributed by atoms with Crippen molar-refractivity contribution in [2.45, 2.75) is 63.0 Å². The van der Waals surface area contributed by atoms with Gasteiger partial charge in [-0.25, -0.2) is 4.39 Å². The number of nitrogens with one attached hydrogen (secondary N) is 4. The highest BCUT2D eigenvalue weighted by atomic mass is 19.1. The van der Waals surface area contributed by atoms with E-state index in [0.29, 0.717) is 28.8 Å². The molecular formula is C34H34FN7. The summed E-state index contributed by atoms with van der Waals surface area (Å²) in [6.07, 6.45) is 8.75. The SMILES string of the molecule is [2H][C@](Nc1cc(C2CC2)c2ncc(C#N)c(N[C@H](CC)c3ccccc3)c2c1)(C1=CN(C2CC2)NN1)c1ccc(F)cc1. The van der Waals surface area contributed by atoms with Gasteiger partial charge in [0.1, 0.15) is 11.9 Å². The first-order valence-electron chi connectivity index (χ1n) is 15.2. The van der Waals surface area contributed by atoms with E-state index in [9.17, 15) is 11.0 Å². The molecule has 1 aliphatic heterocycles. The monoisotopic (exact) mass is 560 g/mol. The van der Waals surface area contributed by atoms with Crippen LogP contribution < -0.4 is 21.6 Å². The second-order valence-corrected chi connectivity index (χ2v) is 11.3. The normalized spacial score (nSPS) is 18.8. The molecule has 1 aromatic heterocycles. The highest BCUT2D eigenvalue weighted by molar-refractivity contribution is 5.98. The van der Waals surface area contributed by atoms with Crippen LogP contribution in [0, 0.1) is 17.1 Å². The molecule has 0 unspecified atom stereocenters. The lowest BCUT2D eigenvalue weighted by atomic mass is 9.98. The summed E-state index contributed by atoms with van der Waals surface area (Å²) >= 11 is 0. The molecule has 7 rings (SSSR count). The number of aromatic nitrogens is 1. The molecule has 4 aromatic rings. The fourth-order valence-electron chi connectivity index (χ4n) is 5.69. The van der Waals surface area contributed by atoms with E-state index in [0.717, 1.165) is 65.5 Å². The molecule has 2 aliphatic carbocycles. The molecule has 0 amide bonds. The number of hydrogen-bond acceptors (Lipinski definition) is 7. The van der Waals surface area contributed by atoms with Gasteiger partial charge >= 0.3 is 0 Å². The largest absolute Gasteiger partial charge is 0.377 e. The van der Waals surface area contributed by atoms with Gasteiger partial charge in [0, 0.05) is 29.5 Å². The number of nitriles is 1. The van der Waals surface area contributed by atoms with Crippen molar-refractivity contribution in [3.05, 3.63) is 113 Å². The second kappa shape index (κ2) is 11.0. The van der Waals surface area contributed by atoms with Crippen LogP contribution in [0.2, 0.25) is 0 Å². The third-order valence-electron chi connectivity index (χ3n) is 8.27. The first kappa shape index (κ1) is 25.1. The number of hydrazine groups is 2. The molecule has 2 atom stereocenters. The maximum atomic E-state index is 14.0. The highest BCUT2D eigenvalue weighted by Gasteiger charge is 2.33. The summed E-state index contributed by atoms with van der Waals surface area (Å²) in [5.41, 5.74) is 12.6. The molecule has 0 spiro atoms. The summed E-state index contributed by atoms with van der Waals surface area (Å²) in [7, 11) is 0. The fourth-order valence-corrected chi connectivity index (χ4v) is 5.69. The summed E-state index contributed by atoms with van der Waals surface area (Å²) < 4.78 is 23.8. The van der Waals surface area contributed by atoms with Crippen LogP contribution in [0.1, 0.15) is 80.6 Å². The lowest BCUT2D eigenvalue weighted by molar-refractivity contribution is 0.260. The van der Waals surface area contributed by atoms with Gasteiger partial charge in [-0.1, -0.05) is 49.4 Å². The van der Waals surface area contributed by atoms with Crippen LogP contribution in [0.25, 0.3) is 10.9 Å². The summed E-state index contributed by atoms with van der Waals surface area (Å²) in [4.78, 5) is 4.78. The Balaban J connectivity index is 1.35. The summed E-state index contributed by atoms with van der Waals surface area (Å²) in [6, 6.07) is 21.7. The number of rotatable bonds is 10. The Kier molecular flexibility index (Phi) is 6.58. The molecule has 2 fully saturated rings. The Hall–Kier alpha value is -4.61. The number of anilines is 2. The van der Waals surface area contributed by atoms with Crippen LogP contribution in [-0.4, -0.2) is 16.0 Å². The standard InChI is InChI=1S/C34H34FN7/c1-2-30(22-6-4-3-5-7-22)39-32-24(18-36)19-37-34-28(21-8-9-21)16-26(17-29(32)34)38-33(23-10-12-25(35)13-11-23)31-20-42(41-40-31)27-14-15-27/h3-7,10-13,16-17,19-21,27,30,33,38,40-41H,2,8-9,14-15H2,1H3,(H,37,39)/t30-,33-/m1/s1/i33D. The van der Waals surface area contributed by atoms with Gasteiger partial charge in [0.25, 0.3) is 0 Å². The van der Waals surface area contributed by atoms with Crippen molar-refractivity contribution in [1.29, 1.82) is 5.26 Å². The minimum Gasteiger partial charge on any atom is -0.377 e. The van der Waals surface area contributed by atoms with E-state index in [1.807, 2.05) is 35.5 Å². The summed E-state index contributed by atoms with van der Waals surface area (Å²) in [5, 5.41) is 20.2. The summed E-state index contributed by atoms with van der Waals surface area (Å²) in [5.74, 6) is 0.0177. The van der Waals surface area contributed by atoms with E-state index >= 15 is 0 Å². The molecule has 7 nitrogen and oxygen atoms in total. The van der Waals surface area contributed by atoms with Crippen molar-refractivity contribution >= 4 is 22.3 Å². The molecule has 2 heterocycles. The van der Waals surface area contributed by atoms with Crippen molar-refractivity contribution in [1.82, 2.24) is 21.0 Å². The van der Waals surface area contributed by atoms with Gasteiger partial charge in [-0.3, -0.25) is 9.99 Å². The van der Waals surface area contributed by atoms with Crippen LogP contribution in [-0.2, 0) is 0 Å². The molecule has 2 saturated carbocycles. The van der Waals surface area contributed by atoms with Crippen molar-refractivity contribution < 1.29 is 5.76 Å². The predicted octanol–water partition coefficient (Wildman–Crippen LogP) is 7.17.